The molecule has 0 radical (unpaired) electrons. The van der Waals surface area contributed by atoms with Crippen molar-refractivity contribution < 1.29 is 14.7 Å². The SMILES string of the molecule is O=C(c1ccnnc1)N1C[C@@H](O)CO1. The minimum Gasteiger partial charge on any atom is -0.389 e. The molecule has 6 nitrogen and oxygen atoms in total. The summed E-state index contributed by atoms with van der Waals surface area (Å²) in [5.74, 6) is -0.309. The van der Waals surface area contributed by atoms with Crippen LogP contribution in [-0.2, 0) is 4.84 Å². The van der Waals surface area contributed by atoms with Gasteiger partial charge < -0.3 is 5.11 Å². The quantitative estimate of drug-likeness (QED) is 0.636. The van der Waals surface area contributed by atoms with Crippen molar-refractivity contribution >= 4 is 5.91 Å². The number of amides is 1. The summed E-state index contributed by atoms with van der Waals surface area (Å²) >= 11 is 0. The van der Waals surface area contributed by atoms with Crippen molar-refractivity contribution in [3.8, 4) is 0 Å². The maximum atomic E-state index is 11.6. The fraction of sp³-hybridized carbons (Fsp3) is 0.375. The molecule has 1 amide bonds. The van der Waals surface area contributed by atoms with Gasteiger partial charge >= 0.3 is 0 Å². The lowest BCUT2D eigenvalue weighted by Crippen LogP contribution is -2.28. The number of β-amino-alcohol motifs (C(OH)–C–C–N with tert-alkyl or cyclic N) is 1. The minimum atomic E-state index is -0.603. The summed E-state index contributed by atoms with van der Waals surface area (Å²) in [6, 6.07) is 1.55. The summed E-state index contributed by atoms with van der Waals surface area (Å²) in [6.07, 6.45) is 2.18. The lowest BCUT2D eigenvalue weighted by molar-refractivity contribution is -0.0780. The standard InChI is InChI=1S/C8H9N3O3/c12-7-4-11(14-5-7)8(13)6-1-2-9-10-3-6/h1-3,7,12H,4-5H2/t7-/m1/s1. The van der Waals surface area contributed by atoms with Crippen LogP contribution in [0, 0.1) is 0 Å². The molecule has 0 unspecified atom stereocenters. The lowest BCUT2D eigenvalue weighted by Gasteiger charge is -2.12. The van der Waals surface area contributed by atoms with E-state index in [0.717, 1.165) is 5.06 Å². The first kappa shape index (κ1) is 9.04. The summed E-state index contributed by atoms with van der Waals surface area (Å²) in [6.45, 7) is 0.353. The molecule has 1 aliphatic rings. The second-order valence-corrected chi connectivity index (χ2v) is 2.95. The highest BCUT2D eigenvalue weighted by molar-refractivity contribution is 5.93. The Morgan fingerprint density at radius 2 is 2.50 bits per heavy atom. The number of hydroxylamine groups is 2. The minimum absolute atomic E-state index is 0.157. The average molecular weight is 195 g/mol. The number of aliphatic hydroxyl groups is 1. The van der Waals surface area contributed by atoms with Crippen LogP contribution in [0.25, 0.3) is 0 Å². The van der Waals surface area contributed by atoms with Crippen molar-refractivity contribution in [2.24, 2.45) is 0 Å². The van der Waals surface area contributed by atoms with Gasteiger partial charge in [0.1, 0.15) is 12.7 Å². The molecule has 1 aliphatic heterocycles. The van der Waals surface area contributed by atoms with Gasteiger partial charge in [0, 0.05) is 0 Å². The van der Waals surface area contributed by atoms with Gasteiger partial charge in [-0.25, -0.2) is 5.06 Å². The normalized spacial score (nSPS) is 21.2. The Balaban J connectivity index is 2.10. The lowest BCUT2D eigenvalue weighted by atomic mass is 10.3. The van der Waals surface area contributed by atoms with E-state index in [1.54, 1.807) is 6.07 Å². The molecule has 0 bridgehead atoms. The molecular weight excluding hydrogens is 186 g/mol. The van der Waals surface area contributed by atoms with Crippen molar-refractivity contribution in [1.82, 2.24) is 15.3 Å². The summed E-state index contributed by atoms with van der Waals surface area (Å²) in [4.78, 5) is 16.6. The van der Waals surface area contributed by atoms with Gasteiger partial charge in [0.05, 0.1) is 24.5 Å². The van der Waals surface area contributed by atoms with E-state index < -0.39 is 6.10 Å². The zero-order valence-corrected chi connectivity index (χ0v) is 7.33. The second-order valence-electron chi connectivity index (χ2n) is 2.95. The van der Waals surface area contributed by atoms with Crippen LogP contribution in [-0.4, -0.2) is 45.5 Å². The zero-order chi connectivity index (χ0) is 9.97. The van der Waals surface area contributed by atoms with Gasteiger partial charge in [-0.3, -0.25) is 9.63 Å². The fourth-order valence-electron chi connectivity index (χ4n) is 1.18. The Bertz CT molecular complexity index is 330. The molecule has 1 N–H and O–H groups in total. The van der Waals surface area contributed by atoms with E-state index in [2.05, 4.69) is 10.2 Å². The van der Waals surface area contributed by atoms with Crippen LogP contribution >= 0.6 is 0 Å². The van der Waals surface area contributed by atoms with E-state index >= 15 is 0 Å². The smallest absolute Gasteiger partial charge is 0.279 e. The third-order valence-electron chi connectivity index (χ3n) is 1.86. The highest BCUT2D eigenvalue weighted by Crippen LogP contribution is 2.10. The molecule has 1 saturated heterocycles. The van der Waals surface area contributed by atoms with Crippen LogP contribution in [0.3, 0.4) is 0 Å². The van der Waals surface area contributed by atoms with Crippen LogP contribution < -0.4 is 0 Å². The maximum absolute atomic E-state index is 11.6. The third-order valence-corrected chi connectivity index (χ3v) is 1.86. The Morgan fingerprint density at radius 1 is 1.64 bits per heavy atom. The summed E-state index contributed by atoms with van der Waals surface area (Å²) < 4.78 is 0. The monoisotopic (exact) mass is 195 g/mol. The number of aromatic nitrogens is 2. The molecule has 0 saturated carbocycles. The first-order valence-electron chi connectivity index (χ1n) is 4.17. The second kappa shape index (κ2) is 3.69. The highest BCUT2D eigenvalue weighted by Gasteiger charge is 2.26. The number of hydrogen-bond donors (Lipinski definition) is 1. The third kappa shape index (κ3) is 1.70. The Morgan fingerprint density at radius 3 is 3.07 bits per heavy atom. The number of hydrogen-bond acceptors (Lipinski definition) is 5. The Kier molecular flexibility index (Phi) is 2.38. The molecule has 2 rings (SSSR count). The molecule has 74 valence electrons. The Hall–Kier alpha value is -1.53. The topological polar surface area (TPSA) is 75.6 Å². The van der Waals surface area contributed by atoms with E-state index in [1.165, 1.54) is 12.4 Å². The van der Waals surface area contributed by atoms with E-state index in [0.29, 0.717) is 5.56 Å². The van der Waals surface area contributed by atoms with Crippen LogP contribution in [0.5, 0.6) is 0 Å². The number of rotatable bonds is 1. The molecule has 14 heavy (non-hydrogen) atoms. The van der Waals surface area contributed by atoms with Gasteiger partial charge in [0.2, 0.25) is 0 Å². The summed E-state index contributed by atoms with van der Waals surface area (Å²) in [5, 5.41) is 17.4. The molecule has 1 aromatic heterocycles. The summed E-state index contributed by atoms with van der Waals surface area (Å²) in [7, 11) is 0. The van der Waals surface area contributed by atoms with E-state index in [9.17, 15) is 4.79 Å². The highest BCUT2D eigenvalue weighted by atomic mass is 16.7. The number of nitrogens with zero attached hydrogens (tertiary/aromatic N) is 3. The van der Waals surface area contributed by atoms with Gasteiger partial charge in [0.15, 0.2) is 0 Å². The molecule has 1 fully saturated rings. The predicted octanol–water partition coefficient (Wildman–Crippen LogP) is -0.775. The van der Waals surface area contributed by atoms with Crippen LogP contribution in [0.2, 0.25) is 0 Å². The Labute approximate surface area is 80.1 Å². The molecule has 2 heterocycles. The molecule has 6 heteroatoms. The van der Waals surface area contributed by atoms with Crippen LogP contribution in [0.15, 0.2) is 18.5 Å². The molecule has 1 aromatic rings. The van der Waals surface area contributed by atoms with Crippen molar-refractivity contribution in [1.29, 1.82) is 0 Å². The molecule has 0 spiro atoms. The molecule has 0 aliphatic carbocycles. The van der Waals surface area contributed by atoms with Gasteiger partial charge in [-0.2, -0.15) is 10.2 Å². The number of carbonyl (C=O) groups excluding carboxylic acids is 1. The largest absolute Gasteiger partial charge is 0.389 e. The average Bonchev–Trinajstić information content (AvgIpc) is 2.65. The predicted molar refractivity (Wildman–Crippen MR) is 45.0 cm³/mol. The molecular formula is C8H9N3O3. The fourth-order valence-corrected chi connectivity index (χ4v) is 1.18. The van der Waals surface area contributed by atoms with Gasteiger partial charge in [-0.15, -0.1) is 0 Å². The van der Waals surface area contributed by atoms with Gasteiger partial charge in [-0.1, -0.05) is 0 Å². The maximum Gasteiger partial charge on any atom is 0.279 e. The number of aliphatic hydroxyl groups excluding tert-OH is 1. The number of carbonyl (C=O) groups is 1. The first-order valence-corrected chi connectivity index (χ1v) is 4.17. The van der Waals surface area contributed by atoms with Crippen LogP contribution in [0.4, 0.5) is 0 Å². The van der Waals surface area contributed by atoms with Gasteiger partial charge in [0.25, 0.3) is 5.91 Å². The zero-order valence-electron chi connectivity index (χ0n) is 7.33. The molecule has 0 aromatic carbocycles. The van der Waals surface area contributed by atoms with E-state index in [1.807, 2.05) is 0 Å². The van der Waals surface area contributed by atoms with Gasteiger partial charge in [-0.05, 0) is 6.07 Å². The van der Waals surface area contributed by atoms with E-state index in [4.69, 9.17) is 9.94 Å². The molecule has 1 atom stereocenters. The van der Waals surface area contributed by atoms with E-state index in [-0.39, 0.29) is 19.1 Å². The first-order chi connectivity index (χ1) is 6.77. The summed E-state index contributed by atoms with van der Waals surface area (Å²) in [5.41, 5.74) is 0.397. The van der Waals surface area contributed by atoms with Crippen molar-refractivity contribution in [2.45, 2.75) is 6.10 Å². The van der Waals surface area contributed by atoms with Crippen molar-refractivity contribution in [2.75, 3.05) is 13.2 Å². The van der Waals surface area contributed by atoms with Crippen LogP contribution in [0.1, 0.15) is 10.4 Å². The van der Waals surface area contributed by atoms with Crippen molar-refractivity contribution in [3.63, 3.8) is 0 Å². The van der Waals surface area contributed by atoms with Crippen molar-refractivity contribution in [3.05, 3.63) is 24.0 Å².